The molecule has 0 aliphatic heterocycles. The van der Waals surface area contributed by atoms with Crippen LogP contribution in [-0.4, -0.2) is 16.1 Å². The van der Waals surface area contributed by atoms with Crippen LogP contribution in [0, 0.1) is 6.92 Å². The van der Waals surface area contributed by atoms with Gasteiger partial charge in [-0.2, -0.15) is 0 Å². The van der Waals surface area contributed by atoms with E-state index in [0.29, 0.717) is 0 Å². The topological polar surface area (TPSA) is 29.9 Å². The van der Waals surface area contributed by atoms with Gasteiger partial charge in [-0.15, -0.1) is 0 Å². The molecule has 0 atom stereocenters. The minimum absolute atomic E-state index is 0.878. The lowest BCUT2D eigenvalue weighted by Crippen LogP contribution is -2.09. The van der Waals surface area contributed by atoms with Crippen molar-refractivity contribution in [2.75, 3.05) is 11.9 Å². The summed E-state index contributed by atoms with van der Waals surface area (Å²) in [6.45, 7) is 3.00. The first kappa shape index (κ1) is 14.1. The summed E-state index contributed by atoms with van der Waals surface area (Å²) in [5, 5.41) is 3.48. The van der Waals surface area contributed by atoms with E-state index < -0.39 is 0 Å². The van der Waals surface area contributed by atoms with Gasteiger partial charge in [0, 0.05) is 30.2 Å². The van der Waals surface area contributed by atoms with Gasteiger partial charge in [0.2, 0.25) is 0 Å². The van der Waals surface area contributed by atoms with Crippen molar-refractivity contribution in [2.45, 2.75) is 13.3 Å². The van der Waals surface area contributed by atoms with Crippen LogP contribution < -0.4 is 5.32 Å². The number of benzene rings is 2. The number of hydrogen-bond donors (Lipinski definition) is 1. The number of rotatable bonds is 4. The molecule has 0 saturated heterocycles. The van der Waals surface area contributed by atoms with E-state index in [4.69, 9.17) is 4.98 Å². The van der Waals surface area contributed by atoms with Gasteiger partial charge in [0.1, 0.15) is 5.82 Å². The van der Waals surface area contributed by atoms with E-state index in [2.05, 4.69) is 82.2 Å². The van der Waals surface area contributed by atoms with E-state index in [0.717, 1.165) is 28.8 Å². The molecule has 0 saturated carbocycles. The number of aromatic nitrogens is 2. The van der Waals surface area contributed by atoms with Gasteiger partial charge in [-0.3, -0.25) is 0 Å². The van der Waals surface area contributed by atoms with Crippen LogP contribution in [0.2, 0.25) is 0 Å². The molecule has 1 aromatic heterocycles. The Balaban J connectivity index is 1.74. The Hall–Kier alpha value is -1.81. The molecule has 3 nitrogen and oxygen atoms in total. The van der Waals surface area contributed by atoms with E-state index in [1.165, 1.54) is 16.8 Å². The maximum absolute atomic E-state index is 4.72. The maximum Gasteiger partial charge on any atom is 0.111 e. The standard InChI is InChI=1S/C17H18BrN3/c1-12-5-3-4-6-14(12)19-10-9-17-20-15-11-13(18)7-8-16(15)21(17)2/h3-8,11,19H,9-10H2,1-2H3. The van der Waals surface area contributed by atoms with Crippen LogP contribution in [0.4, 0.5) is 5.69 Å². The zero-order valence-corrected chi connectivity index (χ0v) is 13.8. The van der Waals surface area contributed by atoms with Gasteiger partial charge in [-0.1, -0.05) is 34.1 Å². The number of imidazole rings is 1. The summed E-state index contributed by atoms with van der Waals surface area (Å²) in [5.41, 5.74) is 4.67. The summed E-state index contributed by atoms with van der Waals surface area (Å²) in [5.74, 6) is 1.10. The van der Waals surface area contributed by atoms with Crippen LogP contribution in [0.1, 0.15) is 11.4 Å². The Morgan fingerprint density at radius 3 is 2.81 bits per heavy atom. The van der Waals surface area contributed by atoms with Crippen molar-refractivity contribution < 1.29 is 0 Å². The number of anilines is 1. The highest BCUT2D eigenvalue weighted by atomic mass is 79.9. The summed E-state index contributed by atoms with van der Waals surface area (Å²) in [4.78, 5) is 4.72. The summed E-state index contributed by atoms with van der Waals surface area (Å²) >= 11 is 3.50. The molecular weight excluding hydrogens is 326 g/mol. The van der Waals surface area contributed by atoms with Crippen molar-refractivity contribution >= 4 is 32.7 Å². The van der Waals surface area contributed by atoms with E-state index in [9.17, 15) is 0 Å². The molecule has 108 valence electrons. The highest BCUT2D eigenvalue weighted by Gasteiger charge is 2.07. The minimum atomic E-state index is 0.878. The monoisotopic (exact) mass is 343 g/mol. The third-order valence-electron chi connectivity index (χ3n) is 3.74. The third-order valence-corrected chi connectivity index (χ3v) is 4.24. The second-order valence-corrected chi connectivity index (χ2v) is 6.13. The van der Waals surface area contributed by atoms with Crippen LogP contribution in [0.5, 0.6) is 0 Å². The third kappa shape index (κ3) is 2.95. The molecule has 1 heterocycles. The molecule has 0 radical (unpaired) electrons. The van der Waals surface area contributed by atoms with Gasteiger partial charge >= 0.3 is 0 Å². The Bertz CT molecular complexity index is 777. The van der Waals surface area contributed by atoms with Crippen molar-refractivity contribution in [1.82, 2.24) is 9.55 Å². The van der Waals surface area contributed by atoms with Crippen molar-refractivity contribution in [3.63, 3.8) is 0 Å². The minimum Gasteiger partial charge on any atom is -0.384 e. The molecule has 0 aliphatic carbocycles. The molecule has 21 heavy (non-hydrogen) atoms. The quantitative estimate of drug-likeness (QED) is 0.765. The first-order chi connectivity index (χ1) is 10.1. The molecule has 0 amide bonds. The van der Waals surface area contributed by atoms with Gasteiger partial charge < -0.3 is 9.88 Å². The molecule has 4 heteroatoms. The van der Waals surface area contributed by atoms with Gasteiger partial charge in [0.15, 0.2) is 0 Å². The molecule has 0 aliphatic rings. The fourth-order valence-electron chi connectivity index (χ4n) is 2.53. The lowest BCUT2D eigenvalue weighted by Gasteiger charge is -2.09. The second-order valence-electron chi connectivity index (χ2n) is 5.21. The summed E-state index contributed by atoms with van der Waals surface area (Å²) in [6, 6.07) is 14.6. The lowest BCUT2D eigenvalue weighted by molar-refractivity contribution is 0.807. The van der Waals surface area contributed by atoms with Crippen molar-refractivity contribution in [3.05, 3.63) is 58.3 Å². The molecule has 3 aromatic rings. The van der Waals surface area contributed by atoms with Crippen molar-refractivity contribution in [1.29, 1.82) is 0 Å². The van der Waals surface area contributed by atoms with Crippen LogP contribution in [0.25, 0.3) is 11.0 Å². The summed E-state index contributed by atoms with van der Waals surface area (Å²) in [6.07, 6.45) is 0.900. The number of aryl methyl sites for hydroxylation is 2. The smallest absolute Gasteiger partial charge is 0.111 e. The van der Waals surface area contributed by atoms with Gasteiger partial charge in [-0.05, 0) is 36.8 Å². The lowest BCUT2D eigenvalue weighted by atomic mass is 10.2. The first-order valence-corrected chi connectivity index (χ1v) is 7.85. The molecule has 0 fully saturated rings. The zero-order chi connectivity index (χ0) is 14.8. The fraction of sp³-hybridized carbons (Fsp3) is 0.235. The van der Waals surface area contributed by atoms with E-state index in [1.54, 1.807) is 0 Å². The molecule has 0 unspecified atom stereocenters. The Morgan fingerprint density at radius 1 is 1.19 bits per heavy atom. The molecule has 1 N–H and O–H groups in total. The van der Waals surface area contributed by atoms with Crippen LogP contribution in [0.3, 0.4) is 0 Å². The highest BCUT2D eigenvalue weighted by Crippen LogP contribution is 2.20. The maximum atomic E-state index is 4.72. The first-order valence-electron chi connectivity index (χ1n) is 7.05. The Morgan fingerprint density at radius 2 is 2.00 bits per heavy atom. The van der Waals surface area contributed by atoms with Crippen LogP contribution in [0.15, 0.2) is 46.9 Å². The number of para-hydroxylation sites is 1. The number of nitrogens with zero attached hydrogens (tertiary/aromatic N) is 2. The fourth-order valence-corrected chi connectivity index (χ4v) is 2.88. The second kappa shape index (κ2) is 5.90. The molecular formula is C17H18BrN3. The predicted octanol–water partition coefficient (Wildman–Crippen LogP) is 4.30. The number of nitrogens with one attached hydrogen (secondary N) is 1. The number of fused-ring (bicyclic) bond motifs is 1. The van der Waals surface area contributed by atoms with Crippen LogP contribution >= 0.6 is 15.9 Å². The number of halogens is 1. The highest BCUT2D eigenvalue weighted by molar-refractivity contribution is 9.10. The largest absolute Gasteiger partial charge is 0.384 e. The van der Waals surface area contributed by atoms with E-state index in [-0.39, 0.29) is 0 Å². The van der Waals surface area contributed by atoms with Gasteiger partial charge in [0.25, 0.3) is 0 Å². The Labute approximate surface area is 133 Å². The van der Waals surface area contributed by atoms with Gasteiger partial charge in [-0.25, -0.2) is 4.98 Å². The molecule has 0 spiro atoms. The Kier molecular flexibility index (Phi) is 3.97. The molecule has 2 aromatic carbocycles. The SMILES string of the molecule is Cc1ccccc1NCCc1nc2cc(Br)ccc2n1C. The normalized spacial score (nSPS) is 11.0. The molecule has 3 rings (SSSR count). The average molecular weight is 344 g/mol. The van der Waals surface area contributed by atoms with Crippen molar-refractivity contribution in [2.24, 2.45) is 7.05 Å². The van der Waals surface area contributed by atoms with E-state index in [1.807, 2.05) is 0 Å². The van der Waals surface area contributed by atoms with E-state index >= 15 is 0 Å². The number of hydrogen-bond acceptors (Lipinski definition) is 2. The average Bonchev–Trinajstić information content (AvgIpc) is 2.77. The summed E-state index contributed by atoms with van der Waals surface area (Å²) < 4.78 is 3.24. The zero-order valence-electron chi connectivity index (χ0n) is 12.2. The van der Waals surface area contributed by atoms with Crippen molar-refractivity contribution in [3.8, 4) is 0 Å². The van der Waals surface area contributed by atoms with Gasteiger partial charge in [0.05, 0.1) is 11.0 Å². The van der Waals surface area contributed by atoms with Crippen LogP contribution in [-0.2, 0) is 13.5 Å². The predicted molar refractivity (Wildman–Crippen MR) is 91.8 cm³/mol. The molecule has 0 bridgehead atoms. The summed E-state index contributed by atoms with van der Waals surface area (Å²) in [7, 11) is 2.08.